The molecular formula is C19H28O4. The Labute approximate surface area is 139 Å². The smallest absolute Gasteiger partial charge is 0.312 e. The second-order valence-corrected chi connectivity index (χ2v) is 6.24. The van der Waals surface area contributed by atoms with Crippen LogP contribution in [0.3, 0.4) is 0 Å². The molecule has 23 heavy (non-hydrogen) atoms. The third-order valence-electron chi connectivity index (χ3n) is 4.71. The lowest BCUT2D eigenvalue weighted by Gasteiger charge is -2.38. The predicted molar refractivity (Wildman–Crippen MR) is 89.0 cm³/mol. The van der Waals surface area contributed by atoms with Gasteiger partial charge in [0.25, 0.3) is 0 Å². The summed E-state index contributed by atoms with van der Waals surface area (Å²) in [7, 11) is 1.67. The van der Waals surface area contributed by atoms with E-state index in [1.54, 1.807) is 7.11 Å². The van der Waals surface area contributed by atoms with Crippen molar-refractivity contribution in [3.63, 3.8) is 0 Å². The minimum Gasteiger partial charge on any atom is -0.466 e. The molecule has 1 fully saturated rings. The molecule has 1 aromatic rings. The number of ether oxygens (including phenoxy) is 3. The Bertz CT molecular complexity index is 464. The summed E-state index contributed by atoms with van der Waals surface area (Å²) in [5, 5.41) is 0. The lowest BCUT2D eigenvalue weighted by molar-refractivity contribution is -0.161. The summed E-state index contributed by atoms with van der Waals surface area (Å²) >= 11 is 0. The van der Waals surface area contributed by atoms with Gasteiger partial charge in [0.2, 0.25) is 0 Å². The molecule has 0 radical (unpaired) electrons. The van der Waals surface area contributed by atoms with Crippen molar-refractivity contribution in [1.29, 1.82) is 0 Å². The minimum absolute atomic E-state index is 0.0708. The van der Waals surface area contributed by atoms with Gasteiger partial charge in [0.15, 0.2) is 0 Å². The molecule has 1 aliphatic rings. The van der Waals surface area contributed by atoms with Gasteiger partial charge in [-0.25, -0.2) is 0 Å². The average molecular weight is 320 g/mol. The zero-order valence-corrected chi connectivity index (χ0v) is 14.3. The summed E-state index contributed by atoms with van der Waals surface area (Å²) in [6.45, 7) is 3.52. The van der Waals surface area contributed by atoms with E-state index in [0.29, 0.717) is 19.8 Å². The van der Waals surface area contributed by atoms with Crippen LogP contribution in [0.5, 0.6) is 0 Å². The fourth-order valence-corrected chi connectivity index (χ4v) is 3.24. The number of methoxy groups -OCH3 is 1. The summed E-state index contributed by atoms with van der Waals surface area (Å²) in [6, 6.07) is 10.2. The molecule has 2 rings (SSSR count). The maximum atomic E-state index is 12.4. The highest BCUT2D eigenvalue weighted by molar-refractivity contribution is 5.77. The first kappa shape index (κ1) is 18.0. The van der Waals surface area contributed by atoms with Gasteiger partial charge in [-0.2, -0.15) is 0 Å². The largest absolute Gasteiger partial charge is 0.466 e. The van der Waals surface area contributed by atoms with E-state index >= 15 is 0 Å². The highest BCUT2D eigenvalue weighted by atomic mass is 16.5. The number of hydrogen-bond donors (Lipinski definition) is 0. The molecule has 1 aromatic carbocycles. The summed E-state index contributed by atoms with van der Waals surface area (Å²) in [6.07, 6.45) is 4.38. The van der Waals surface area contributed by atoms with Gasteiger partial charge in [-0.3, -0.25) is 4.79 Å². The molecule has 0 aromatic heterocycles. The van der Waals surface area contributed by atoms with Crippen LogP contribution in [0, 0.1) is 5.41 Å². The number of carbonyl (C=O) groups excluding carboxylic acids is 1. The van der Waals surface area contributed by atoms with Crippen LogP contribution in [0.1, 0.15) is 44.6 Å². The Kier molecular flexibility index (Phi) is 7.06. The third-order valence-corrected chi connectivity index (χ3v) is 4.71. The molecule has 0 bridgehead atoms. The second kappa shape index (κ2) is 9.04. The van der Waals surface area contributed by atoms with Gasteiger partial charge in [0, 0.05) is 13.7 Å². The van der Waals surface area contributed by atoms with Crippen molar-refractivity contribution in [2.45, 2.75) is 51.7 Å². The van der Waals surface area contributed by atoms with Gasteiger partial charge in [0.1, 0.15) is 0 Å². The number of benzene rings is 1. The molecule has 1 saturated carbocycles. The van der Waals surface area contributed by atoms with Gasteiger partial charge < -0.3 is 14.2 Å². The quantitative estimate of drug-likeness (QED) is 0.685. The summed E-state index contributed by atoms with van der Waals surface area (Å²) in [4.78, 5) is 12.4. The van der Waals surface area contributed by atoms with Crippen molar-refractivity contribution in [2.75, 3.05) is 20.3 Å². The molecule has 0 amide bonds. The lowest BCUT2D eigenvalue weighted by Crippen LogP contribution is -2.39. The second-order valence-electron chi connectivity index (χ2n) is 6.24. The molecule has 0 unspecified atom stereocenters. The van der Waals surface area contributed by atoms with Crippen LogP contribution in [0.4, 0.5) is 0 Å². The van der Waals surface area contributed by atoms with E-state index in [2.05, 4.69) is 12.1 Å². The van der Waals surface area contributed by atoms with Gasteiger partial charge in [-0.1, -0.05) is 30.3 Å². The molecule has 0 N–H and O–H groups in total. The van der Waals surface area contributed by atoms with Crippen LogP contribution in [0.2, 0.25) is 0 Å². The average Bonchev–Trinajstić information content (AvgIpc) is 2.60. The van der Waals surface area contributed by atoms with Crippen molar-refractivity contribution < 1.29 is 19.0 Å². The molecule has 4 heteroatoms. The van der Waals surface area contributed by atoms with Gasteiger partial charge >= 0.3 is 5.97 Å². The molecule has 128 valence electrons. The highest BCUT2D eigenvalue weighted by Crippen LogP contribution is 2.41. The zero-order valence-electron chi connectivity index (χ0n) is 14.3. The number of hydrogen-bond acceptors (Lipinski definition) is 4. The van der Waals surface area contributed by atoms with Gasteiger partial charge in [-0.15, -0.1) is 0 Å². The monoisotopic (exact) mass is 320 g/mol. The molecule has 0 heterocycles. The third kappa shape index (κ3) is 5.05. The predicted octanol–water partition coefficient (Wildman–Crippen LogP) is 3.73. The first-order valence-electron chi connectivity index (χ1n) is 8.52. The molecule has 0 atom stereocenters. The summed E-state index contributed by atoms with van der Waals surface area (Å²) in [5.74, 6) is -0.0708. The fraction of sp³-hybridized carbons (Fsp3) is 0.632. The molecule has 0 saturated heterocycles. The van der Waals surface area contributed by atoms with E-state index in [1.165, 1.54) is 5.56 Å². The van der Waals surface area contributed by atoms with Crippen molar-refractivity contribution >= 4 is 5.97 Å². The van der Waals surface area contributed by atoms with Crippen molar-refractivity contribution in [3.05, 3.63) is 35.9 Å². The standard InChI is InChI=1S/C19H28O4/c1-3-22-18(20)19(13-14-21-2)11-9-17(10-12-19)23-15-16-7-5-4-6-8-16/h4-8,17H,3,9-15H2,1-2H3. The molecule has 4 nitrogen and oxygen atoms in total. The Balaban J connectivity index is 1.86. The van der Waals surface area contributed by atoms with Crippen molar-refractivity contribution in [1.82, 2.24) is 0 Å². The van der Waals surface area contributed by atoms with Crippen LogP contribution in [0.15, 0.2) is 30.3 Å². The van der Waals surface area contributed by atoms with E-state index in [0.717, 1.165) is 32.1 Å². The Morgan fingerprint density at radius 3 is 2.52 bits per heavy atom. The molecule has 0 aliphatic heterocycles. The lowest BCUT2D eigenvalue weighted by atomic mass is 9.71. The van der Waals surface area contributed by atoms with E-state index < -0.39 is 5.41 Å². The van der Waals surface area contributed by atoms with E-state index in [9.17, 15) is 4.79 Å². The van der Waals surface area contributed by atoms with Gasteiger partial charge in [0.05, 0.1) is 24.7 Å². The Hall–Kier alpha value is -1.39. The van der Waals surface area contributed by atoms with Crippen molar-refractivity contribution in [2.24, 2.45) is 5.41 Å². The van der Waals surface area contributed by atoms with Gasteiger partial charge in [-0.05, 0) is 44.6 Å². The van der Waals surface area contributed by atoms with E-state index in [-0.39, 0.29) is 12.1 Å². The first-order valence-corrected chi connectivity index (χ1v) is 8.52. The van der Waals surface area contributed by atoms with E-state index in [4.69, 9.17) is 14.2 Å². The maximum Gasteiger partial charge on any atom is 0.312 e. The fourth-order valence-electron chi connectivity index (χ4n) is 3.24. The maximum absolute atomic E-state index is 12.4. The zero-order chi connectivity index (χ0) is 16.5. The van der Waals surface area contributed by atoms with Crippen LogP contribution >= 0.6 is 0 Å². The molecule has 0 spiro atoms. The molecule has 1 aliphatic carbocycles. The highest BCUT2D eigenvalue weighted by Gasteiger charge is 2.42. The van der Waals surface area contributed by atoms with E-state index in [1.807, 2.05) is 25.1 Å². The topological polar surface area (TPSA) is 44.8 Å². The van der Waals surface area contributed by atoms with Crippen molar-refractivity contribution in [3.8, 4) is 0 Å². The Morgan fingerprint density at radius 1 is 1.22 bits per heavy atom. The number of esters is 1. The first-order chi connectivity index (χ1) is 11.2. The van der Waals surface area contributed by atoms with Crippen LogP contribution in [-0.4, -0.2) is 32.4 Å². The number of rotatable bonds is 8. The molecular weight excluding hydrogens is 292 g/mol. The number of carbonyl (C=O) groups is 1. The normalized spacial score (nSPS) is 24.3. The SMILES string of the molecule is CCOC(=O)C1(CCOC)CCC(OCc2ccccc2)CC1. The Morgan fingerprint density at radius 2 is 1.91 bits per heavy atom. The van der Waals surface area contributed by atoms with Crippen LogP contribution < -0.4 is 0 Å². The minimum atomic E-state index is -0.390. The van der Waals surface area contributed by atoms with Crippen LogP contribution in [0.25, 0.3) is 0 Å². The van der Waals surface area contributed by atoms with Crippen LogP contribution in [-0.2, 0) is 25.6 Å². The summed E-state index contributed by atoms with van der Waals surface area (Å²) in [5.41, 5.74) is 0.799. The summed E-state index contributed by atoms with van der Waals surface area (Å²) < 4.78 is 16.5.